The maximum Gasteiger partial charge on any atom is 0.321 e. The number of urea groups is 1. The molecule has 1 aliphatic heterocycles. The van der Waals surface area contributed by atoms with E-state index < -0.39 is 0 Å². The maximum atomic E-state index is 13.0. The fourth-order valence-electron chi connectivity index (χ4n) is 3.33. The summed E-state index contributed by atoms with van der Waals surface area (Å²) >= 11 is 0. The first-order valence-electron chi connectivity index (χ1n) is 9.20. The molecule has 2 N–H and O–H groups in total. The molecular weight excluding hydrogens is 345 g/mol. The zero-order valence-corrected chi connectivity index (χ0v) is 15.3. The molecule has 2 aromatic rings. The third-order valence-electron chi connectivity index (χ3n) is 5.08. The minimum atomic E-state index is -0.331. The lowest BCUT2D eigenvalue weighted by molar-refractivity contribution is -0.121. The second kappa shape index (κ2) is 8.66. The number of halogens is 1. The van der Waals surface area contributed by atoms with Crippen LogP contribution in [0.25, 0.3) is 0 Å². The van der Waals surface area contributed by atoms with Crippen molar-refractivity contribution in [1.82, 2.24) is 4.90 Å². The summed E-state index contributed by atoms with van der Waals surface area (Å²) in [4.78, 5) is 26.6. The number of carbonyl (C=O) groups excluding carboxylic acids is 2. The first kappa shape index (κ1) is 18.9. The van der Waals surface area contributed by atoms with E-state index in [1.165, 1.54) is 12.1 Å². The average Bonchev–Trinajstić information content (AvgIpc) is 2.70. The number of carbonyl (C=O) groups is 2. The minimum absolute atomic E-state index is 0.0752. The molecule has 1 fully saturated rings. The van der Waals surface area contributed by atoms with Crippen LogP contribution in [0.4, 0.5) is 20.6 Å². The Morgan fingerprint density at radius 1 is 0.963 bits per heavy atom. The third-order valence-corrected chi connectivity index (χ3v) is 5.08. The third kappa shape index (κ3) is 5.06. The number of amides is 3. The SMILES string of the molecule is C[C@H](C(=O)Nc1ccc(F)cc1)C1CCN(C(=O)Nc2ccccc2)CC1. The second-order valence-electron chi connectivity index (χ2n) is 6.91. The predicted molar refractivity (Wildman–Crippen MR) is 104 cm³/mol. The molecule has 2 aromatic carbocycles. The molecule has 0 radical (unpaired) electrons. The van der Waals surface area contributed by atoms with Crippen molar-refractivity contribution in [2.75, 3.05) is 23.7 Å². The van der Waals surface area contributed by atoms with E-state index in [2.05, 4.69) is 10.6 Å². The van der Waals surface area contributed by atoms with E-state index >= 15 is 0 Å². The van der Waals surface area contributed by atoms with E-state index in [4.69, 9.17) is 0 Å². The molecule has 1 heterocycles. The quantitative estimate of drug-likeness (QED) is 0.842. The van der Waals surface area contributed by atoms with Crippen LogP contribution in [0.5, 0.6) is 0 Å². The van der Waals surface area contributed by atoms with E-state index in [-0.39, 0.29) is 29.6 Å². The molecule has 0 unspecified atom stereocenters. The molecule has 0 aliphatic carbocycles. The minimum Gasteiger partial charge on any atom is -0.326 e. The Hall–Kier alpha value is -2.89. The largest absolute Gasteiger partial charge is 0.326 e. The molecule has 6 heteroatoms. The van der Waals surface area contributed by atoms with Crippen LogP contribution in [0.2, 0.25) is 0 Å². The van der Waals surface area contributed by atoms with Crippen molar-refractivity contribution >= 4 is 23.3 Å². The highest BCUT2D eigenvalue weighted by atomic mass is 19.1. The van der Waals surface area contributed by atoms with Gasteiger partial charge < -0.3 is 15.5 Å². The van der Waals surface area contributed by atoms with Crippen LogP contribution in [0.3, 0.4) is 0 Å². The highest BCUT2D eigenvalue weighted by Crippen LogP contribution is 2.26. The van der Waals surface area contributed by atoms with E-state index in [1.807, 2.05) is 37.3 Å². The number of likely N-dealkylation sites (tertiary alicyclic amines) is 1. The summed E-state index contributed by atoms with van der Waals surface area (Å²) < 4.78 is 13.0. The lowest BCUT2D eigenvalue weighted by atomic mass is 9.85. The number of piperidine rings is 1. The monoisotopic (exact) mass is 369 g/mol. The van der Waals surface area contributed by atoms with Gasteiger partial charge in [0.25, 0.3) is 0 Å². The molecule has 1 aliphatic rings. The van der Waals surface area contributed by atoms with E-state index in [1.54, 1.807) is 17.0 Å². The summed E-state index contributed by atoms with van der Waals surface area (Å²) in [5, 5.41) is 5.73. The van der Waals surface area contributed by atoms with Gasteiger partial charge in [-0.15, -0.1) is 0 Å². The zero-order chi connectivity index (χ0) is 19.2. The topological polar surface area (TPSA) is 61.4 Å². The smallest absolute Gasteiger partial charge is 0.321 e. The Labute approximate surface area is 158 Å². The van der Waals surface area contributed by atoms with Gasteiger partial charge in [0.2, 0.25) is 5.91 Å². The number of benzene rings is 2. The number of rotatable bonds is 4. The van der Waals surface area contributed by atoms with Gasteiger partial charge in [-0.25, -0.2) is 9.18 Å². The van der Waals surface area contributed by atoms with Crippen molar-refractivity contribution in [1.29, 1.82) is 0 Å². The summed E-state index contributed by atoms with van der Waals surface area (Å²) in [6, 6.07) is 15.0. The molecule has 0 saturated carbocycles. The van der Waals surface area contributed by atoms with Crippen molar-refractivity contribution in [2.24, 2.45) is 11.8 Å². The summed E-state index contributed by atoms with van der Waals surface area (Å²) in [6.45, 7) is 3.15. The molecule has 142 valence electrons. The highest BCUT2D eigenvalue weighted by molar-refractivity contribution is 5.92. The first-order valence-corrected chi connectivity index (χ1v) is 9.20. The molecular formula is C21H24FN3O2. The number of nitrogens with one attached hydrogen (secondary N) is 2. The first-order chi connectivity index (χ1) is 13.0. The Balaban J connectivity index is 1.48. The Kier molecular flexibility index (Phi) is 6.06. The summed E-state index contributed by atoms with van der Waals surface area (Å²) in [7, 11) is 0. The van der Waals surface area contributed by atoms with Crippen molar-refractivity contribution < 1.29 is 14.0 Å². The summed E-state index contributed by atoms with van der Waals surface area (Å²) in [6.07, 6.45) is 1.56. The molecule has 0 spiro atoms. The van der Waals surface area contributed by atoms with Crippen LogP contribution in [0.15, 0.2) is 54.6 Å². The van der Waals surface area contributed by atoms with Gasteiger partial charge in [-0.3, -0.25) is 4.79 Å². The van der Waals surface area contributed by atoms with Gasteiger partial charge in [-0.1, -0.05) is 25.1 Å². The van der Waals surface area contributed by atoms with Crippen LogP contribution in [-0.2, 0) is 4.79 Å². The number of hydrogen-bond acceptors (Lipinski definition) is 2. The van der Waals surface area contributed by atoms with Crippen LogP contribution >= 0.6 is 0 Å². The highest BCUT2D eigenvalue weighted by Gasteiger charge is 2.29. The molecule has 1 atom stereocenters. The average molecular weight is 369 g/mol. The number of hydrogen-bond donors (Lipinski definition) is 2. The van der Waals surface area contributed by atoms with Crippen LogP contribution in [-0.4, -0.2) is 29.9 Å². The zero-order valence-electron chi connectivity index (χ0n) is 15.3. The molecule has 0 aromatic heterocycles. The molecule has 5 nitrogen and oxygen atoms in total. The molecule has 0 bridgehead atoms. The van der Waals surface area contributed by atoms with E-state index in [9.17, 15) is 14.0 Å². The molecule has 27 heavy (non-hydrogen) atoms. The second-order valence-corrected chi connectivity index (χ2v) is 6.91. The van der Waals surface area contributed by atoms with Crippen LogP contribution in [0.1, 0.15) is 19.8 Å². The van der Waals surface area contributed by atoms with Crippen molar-refractivity contribution in [2.45, 2.75) is 19.8 Å². The van der Waals surface area contributed by atoms with Crippen molar-refractivity contribution in [3.05, 3.63) is 60.4 Å². The number of anilines is 2. The summed E-state index contributed by atoms with van der Waals surface area (Å²) in [5.41, 5.74) is 1.37. The van der Waals surface area contributed by atoms with E-state index in [0.717, 1.165) is 18.5 Å². The van der Waals surface area contributed by atoms with Crippen LogP contribution < -0.4 is 10.6 Å². The lowest BCUT2D eigenvalue weighted by Crippen LogP contribution is -2.43. The number of para-hydroxylation sites is 1. The van der Waals surface area contributed by atoms with Gasteiger partial charge in [0.1, 0.15) is 5.82 Å². The Bertz CT molecular complexity index is 772. The van der Waals surface area contributed by atoms with Crippen molar-refractivity contribution in [3.63, 3.8) is 0 Å². The fraction of sp³-hybridized carbons (Fsp3) is 0.333. The van der Waals surface area contributed by atoms with Gasteiger partial charge in [-0.05, 0) is 55.2 Å². The van der Waals surface area contributed by atoms with Crippen LogP contribution in [0, 0.1) is 17.7 Å². The standard InChI is InChI=1S/C21H24FN3O2/c1-15(20(26)23-19-9-7-17(22)8-10-19)16-11-13-25(14-12-16)21(27)24-18-5-3-2-4-6-18/h2-10,15-16H,11-14H2,1H3,(H,23,26)(H,24,27)/t15-/m0/s1. The molecule has 3 amide bonds. The van der Waals surface area contributed by atoms with Crippen molar-refractivity contribution in [3.8, 4) is 0 Å². The Morgan fingerprint density at radius 3 is 2.19 bits per heavy atom. The predicted octanol–water partition coefficient (Wildman–Crippen LogP) is 4.34. The van der Waals surface area contributed by atoms with Gasteiger partial charge in [-0.2, -0.15) is 0 Å². The summed E-state index contributed by atoms with van der Waals surface area (Å²) in [5.74, 6) is -0.364. The Morgan fingerprint density at radius 2 is 1.56 bits per heavy atom. The molecule has 3 rings (SSSR count). The molecule has 1 saturated heterocycles. The van der Waals surface area contributed by atoms with E-state index in [0.29, 0.717) is 18.8 Å². The fourth-order valence-corrected chi connectivity index (χ4v) is 3.33. The van der Waals surface area contributed by atoms with Gasteiger partial charge in [0, 0.05) is 30.4 Å². The lowest BCUT2D eigenvalue weighted by Gasteiger charge is -2.34. The normalized spacial score (nSPS) is 15.9. The van der Waals surface area contributed by atoms with Gasteiger partial charge in [0.05, 0.1) is 0 Å². The van der Waals surface area contributed by atoms with Gasteiger partial charge in [0.15, 0.2) is 0 Å². The van der Waals surface area contributed by atoms with Gasteiger partial charge >= 0.3 is 6.03 Å². The number of nitrogens with zero attached hydrogens (tertiary/aromatic N) is 1. The maximum absolute atomic E-state index is 13.0.